The van der Waals surface area contributed by atoms with Crippen LogP contribution in [-0.2, 0) is 9.59 Å². The molecule has 1 unspecified atom stereocenters. The second kappa shape index (κ2) is 8.87. The van der Waals surface area contributed by atoms with Crippen molar-refractivity contribution in [2.45, 2.75) is 26.8 Å². The van der Waals surface area contributed by atoms with Gasteiger partial charge in [-0.3, -0.25) is 14.5 Å². The predicted molar refractivity (Wildman–Crippen MR) is 133 cm³/mol. The number of nitrogens with zero attached hydrogens (tertiary/aromatic N) is 1. The van der Waals surface area contributed by atoms with Gasteiger partial charge < -0.3 is 9.84 Å². The lowest BCUT2D eigenvalue weighted by molar-refractivity contribution is -0.132. The summed E-state index contributed by atoms with van der Waals surface area (Å²) in [5.41, 5.74) is 4.55. The van der Waals surface area contributed by atoms with Gasteiger partial charge in [-0.05, 0) is 67.8 Å². The molecule has 3 aromatic rings. The summed E-state index contributed by atoms with van der Waals surface area (Å²) in [6.45, 7) is 5.78. The van der Waals surface area contributed by atoms with Gasteiger partial charge in [0.1, 0.15) is 11.5 Å². The van der Waals surface area contributed by atoms with Crippen molar-refractivity contribution in [1.82, 2.24) is 0 Å². The standard InChI is InChI=1S/C27H24BrNO4/c1-15-11-16(2)13-19(12-15)29-24(20-7-5-6-8-22(20)33-4)23(26(31)27(29)32)25(30)18-9-10-21(28)17(3)14-18/h5-14,24,30H,1-4H3/b25-23+. The van der Waals surface area contributed by atoms with Crippen molar-refractivity contribution in [3.05, 3.63) is 98.5 Å². The van der Waals surface area contributed by atoms with Gasteiger partial charge in [0.25, 0.3) is 11.7 Å². The number of methoxy groups -OCH3 is 1. The minimum atomic E-state index is -0.841. The van der Waals surface area contributed by atoms with Crippen LogP contribution in [0.1, 0.15) is 33.9 Å². The summed E-state index contributed by atoms with van der Waals surface area (Å²) in [7, 11) is 1.54. The first-order valence-corrected chi connectivity index (χ1v) is 11.3. The first-order chi connectivity index (χ1) is 15.7. The topological polar surface area (TPSA) is 66.8 Å². The molecule has 1 saturated heterocycles. The molecule has 0 saturated carbocycles. The van der Waals surface area contributed by atoms with Gasteiger partial charge in [-0.25, -0.2) is 0 Å². The molecule has 1 aliphatic rings. The smallest absolute Gasteiger partial charge is 0.300 e. The summed E-state index contributed by atoms with van der Waals surface area (Å²) in [6.07, 6.45) is 0. The molecule has 0 radical (unpaired) electrons. The molecule has 0 bridgehead atoms. The number of benzene rings is 3. The average Bonchev–Trinajstić information content (AvgIpc) is 3.05. The summed E-state index contributed by atoms with van der Waals surface area (Å²) < 4.78 is 6.45. The number of halogens is 1. The highest BCUT2D eigenvalue weighted by molar-refractivity contribution is 9.10. The Hall–Kier alpha value is -3.38. The van der Waals surface area contributed by atoms with Gasteiger partial charge in [0.05, 0.1) is 18.7 Å². The van der Waals surface area contributed by atoms with Gasteiger partial charge in [0.2, 0.25) is 0 Å². The number of aliphatic hydroxyl groups is 1. The molecule has 5 nitrogen and oxygen atoms in total. The van der Waals surface area contributed by atoms with Gasteiger partial charge in [-0.1, -0.05) is 46.3 Å². The van der Waals surface area contributed by atoms with Crippen LogP contribution in [0.3, 0.4) is 0 Å². The molecular formula is C27H24BrNO4. The Morgan fingerprint density at radius 2 is 1.64 bits per heavy atom. The van der Waals surface area contributed by atoms with Gasteiger partial charge in [0.15, 0.2) is 0 Å². The number of carbonyl (C=O) groups is 2. The van der Waals surface area contributed by atoms with E-state index in [1.807, 2.05) is 63.2 Å². The van der Waals surface area contributed by atoms with Crippen molar-refractivity contribution in [3.8, 4) is 5.75 Å². The molecule has 1 fully saturated rings. The average molecular weight is 506 g/mol. The van der Waals surface area contributed by atoms with E-state index < -0.39 is 17.7 Å². The van der Waals surface area contributed by atoms with E-state index in [1.165, 1.54) is 4.90 Å². The molecule has 1 atom stereocenters. The Morgan fingerprint density at radius 1 is 0.970 bits per heavy atom. The number of hydrogen-bond donors (Lipinski definition) is 1. The van der Waals surface area contributed by atoms with Gasteiger partial charge in [-0.15, -0.1) is 0 Å². The molecule has 6 heteroatoms. The quantitative estimate of drug-likeness (QED) is 0.268. The van der Waals surface area contributed by atoms with Crippen LogP contribution < -0.4 is 9.64 Å². The number of hydrogen-bond acceptors (Lipinski definition) is 4. The van der Waals surface area contributed by atoms with Crippen molar-refractivity contribution < 1.29 is 19.4 Å². The number of anilines is 1. The third-order valence-electron chi connectivity index (χ3n) is 5.79. The molecule has 4 rings (SSSR count). The SMILES string of the molecule is COc1ccccc1C1/C(=C(\O)c2ccc(Br)c(C)c2)C(=O)C(=O)N1c1cc(C)cc(C)c1. The van der Waals surface area contributed by atoms with Crippen LogP contribution in [0.4, 0.5) is 5.69 Å². The zero-order valence-corrected chi connectivity index (χ0v) is 20.4. The van der Waals surface area contributed by atoms with Crippen molar-refractivity contribution in [1.29, 1.82) is 0 Å². The number of aliphatic hydroxyl groups excluding tert-OH is 1. The van der Waals surface area contributed by atoms with E-state index in [9.17, 15) is 14.7 Å². The summed E-state index contributed by atoms with van der Waals surface area (Å²) >= 11 is 3.46. The largest absolute Gasteiger partial charge is 0.507 e. The lowest BCUT2D eigenvalue weighted by Crippen LogP contribution is -2.29. The van der Waals surface area contributed by atoms with E-state index in [4.69, 9.17) is 4.74 Å². The molecule has 0 aliphatic carbocycles. The number of rotatable bonds is 4. The molecule has 1 heterocycles. The minimum Gasteiger partial charge on any atom is -0.507 e. The van der Waals surface area contributed by atoms with Crippen LogP contribution >= 0.6 is 15.9 Å². The maximum absolute atomic E-state index is 13.4. The highest BCUT2D eigenvalue weighted by Crippen LogP contribution is 2.45. The molecule has 0 spiro atoms. The Morgan fingerprint density at radius 3 is 2.27 bits per heavy atom. The van der Waals surface area contributed by atoms with Crippen molar-refractivity contribution in [2.24, 2.45) is 0 Å². The normalized spacial score (nSPS) is 17.5. The zero-order chi connectivity index (χ0) is 23.9. The molecule has 1 amide bonds. The Bertz CT molecular complexity index is 1290. The van der Waals surface area contributed by atoms with E-state index in [0.717, 1.165) is 21.2 Å². The Kier molecular flexibility index (Phi) is 6.13. The first kappa shape index (κ1) is 22.8. The summed E-state index contributed by atoms with van der Waals surface area (Å²) in [5.74, 6) is -1.11. The van der Waals surface area contributed by atoms with E-state index in [-0.39, 0.29) is 11.3 Å². The van der Waals surface area contributed by atoms with E-state index >= 15 is 0 Å². The van der Waals surface area contributed by atoms with Crippen molar-refractivity contribution >= 4 is 39.1 Å². The van der Waals surface area contributed by atoms with Crippen molar-refractivity contribution in [3.63, 3.8) is 0 Å². The number of aryl methyl sites for hydroxylation is 3. The molecule has 3 aromatic carbocycles. The number of amides is 1. The van der Waals surface area contributed by atoms with Crippen LogP contribution in [-0.4, -0.2) is 23.9 Å². The number of ether oxygens (including phenoxy) is 1. The van der Waals surface area contributed by atoms with E-state index in [1.54, 1.807) is 25.3 Å². The molecule has 168 valence electrons. The van der Waals surface area contributed by atoms with Gasteiger partial charge in [0, 0.05) is 21.3 Å². The lowest BCUT2D eigenvalue weighted by Gasteiger charge is -2.27. The molecule has 33 heavy (non-hydrogen) atoms. The first-order valence-electron chi connectivity index (χ1n) is 10.5. The minimum absolute atomic E-state index is 0.0328. The maximum Gasteiger partial charge on any atom is 0.300 e. The lowest BCUT2D eigenvalue weighted by atomic mass is 9.94. The Labute approximate surface area is 201 Å². The number of carbonyl (C=O) groups excluding carboxylic acids is 2. The monoisotopic (exact) mass is 505 g/mol. The predicted octanol–water partition coefficient (Wildman–Crippen LogP) is 6.01. The fourth-order valence-corrected chi connectivity index (χ4v) is 4.57. The van der Waals surface area contributed by atoms with Crippen LogP contribution in [0.5, 0.6) is 5.75 Å². The van der Waals surface area contributed by atoms with Crippen LogP contribution in [0.2, 0.25) is 0 Å². The van der Waals surface area contributed by atoms with Gasteiger partial charge >= 0.3 is 0 Å². The van der Waals surface area contributed by atoms with Crippen LogP contribution in [0.25, 0.3) is 5.76 Å². The molecule has 1 N–H and O–H groups in total. The molecular weight excluding hydrogens is 482 g/mol. The zero-order valence-electron chi connectivity index (χ0n) is 18.8. The highest BCUT2D eigenvalue weighted by atomic mass is 79.9. The number of Topliss-reactive ketones (excluding diaryl/α,β-unsaturated/α-hetero) is 1. The fourth-order valence-electron chi connectivity index (χ4n) is 4.32. The molecule has 0 aromatic heterocycles. The summed E-state index contributed by atoms with van der Waals surface area (Å²) in [4.78, 5) is 28.2. The van der Waals surface area contributed by atoms with Gasteiger partial charge in [-0.2, -0.15) is 0 Å². The second-order valence-corrected chi connectivity index (χ2v) is 9.08. The maximum atomic E-state index is 13.4. The highest BCUT2D eigenvalue weighted by Gasteiger charge is 2.48. The second-order valence-electron chi connectivity index (χ2n) is 8.22. The van der Waals surface area contributed by atoms with Crippen LogP contribution in [0.15, 0.2) is 70.7 Å². The van der Waals surface area contributed by atoms with Crippen molar-refractivity contribution in [2.75, 3.05) is 12.0 Å². The van der Waals surface area contributed by atoms with E-state index in [0.29, 0.717) is 22.6 Å². The number of ketones is 1. The number of para-hydroxylation sites is 1. The third-order valence-corrected chi connectivity index (χ3v) is 6.68. The summed E-state index contributed by atoms with van der Waals surface area (Å²) in [6, 6.07) is 17.4. The van der Waals surface area contributed by atoms with E-state index in [2.05, 4.69) is 15.9 Å². The summed E-state index contributed by atoms with van der Waals surface area (Å²) in [5, 5.41) is 11.3. The fraction of sp³-hybridized carbons (Fsp3) is 0.185. The third kappa shape index (κ3) is 4.07. The van der Waals surface area contributed by atoms with Crippen LogP contribution in [0, 0.1) is 20.8 Å². The molecule has 1 aliphatic heterocycles. The Balaban J connectivity index is 2.01.